The van der Waals surface area contributed by atoms with Gasteiger partial charge in [-0.05, 0) is 0 Å². The van der Waals surface area contributed by atoms with Gasteiger partial charge in [-0.25, -0.2) is 11.1 Å². The van der Waals surface area contributed by atoms with Gasteiger partial charge >= 0.3 is 0 Å². The molecule has 0 unspecified atom stereocenters. The van der Waals surface area contributed by atoms with Crippen LogP contribution in [-0.2, 0) is 1340 Å². The van der Waals surface area contributed by atoms with E-state index in [1.807, 2.05) is 18.2 Å². The molecule has 58 heavy (non-hydrogen) atoms. The summed E-state index contributed by atoms with van der Waals surface area (Å²) < 4.78 is 0. The Labute approximate surface area is 1390 Å². The summed E-state index contributed by atoms with van der Waals surface area (Å²) in [6.45, 7) is 2.08. The van der Waals surface area contributed by atoms with Crippen LogP contribution >= 0.6 is 0 Å². The number of aryl methyl sites for hydroxylation is 1. The summed E-state index contributed by atoms with van der Waals surface area (Å²) in [5.41, 5.74) is 3.41. The normalized spacial score (nSPS) is 3.12. The molecule has 0 saturated heterocycles. The Balaban J connectivity index is -0.00000000238. The average molecular weight is 3860 g/mol. The van der Waals surface area contributed by atoms with Crippen molar-refractivity contribution in [2.45, 2.75) is 6.92 Å². The van der Waals surface area contributed by atoms with E-state index >= 15 is 0 Å². The predicted octanol–water partition coefficient (Wildman–Crippen LogP) is 4.31. The molecule has 3 rings (SSSR count). The zero-order chi connectivity index (χ0) is 11.7. The Hall–Kier alpha value is 43.2. The summed E-state index contributed by atoms with van der Waals surface area (Å²) in [4.78, 5) is 0. The van der Waals surface area contributed by atoms with Gasteiger partial charge in [-0.2, -0.15) is 30.3 Å². The van der Waals surface area contributed by atoms with Crippen molar-refractivity contribution in [2.24, 2.45) is 0 Å². The second-order valence-electron chi connectivity index (χ2n) is 4.19. The fourth-order valence-electron chi connectivity index (χ4n) is 2.15. The van der Waals surface area contributed by atoms with Gasteiger partial charge in [0.2, 0.25) is 0 Å². The average Bonchev–Trinajstić information content (AvgIpc) is 2.39. The van der Waals surface area contributed by atoms with E-state index in [-0.39, 0.29) is 1340 Å². The topological polar surface area (TPSA) is 0 Å². The summed E-state index contributed by atoms with van der Waals surface area (Å²) in [5, 5.41) is 2.50. The van der Waals surface area contributed by atoms with E-state index in [2.05, 4.69) is 55.5 Å². The molecule has 0 aliphatic carbocycles. The van der Waals surface area contributed by atoms with Crippen LogP contribution in [0.3, 0.4) is 0 Å². The van der Waals surface area contributed by atoms with Crippen molar-refractivity contribution < 1.29 is 1340 Å². The van der Waals surface area contributed by atoms with Crippen LogP contribution in [0.2, 0.25) is 0 Å². The summed E-state index contributed by atoms with van der Waals surface area (Å²) >= 11 is 0. The molecule has 0 saturated carbocycles. The van der Waals surface area contributed by atoms with Gasteiger partial charge in [-0.3, -0.25) is 0 Å². The van der Waals surface area contributed by atoms with Crippen LogP contribution in [-0.4, -0.2) is 0 Å². The number of hydrogen-bond acceptors (Lipinski definition) is 0. The van der Waals surface area contributed by atoms with E-state index in [9.17, 15) is 0 Å². The Morgan fingerprint density at radius 1 is 0.293 bits per heavy atom. The molecule has 0 aliphatic heterocycles. The van der Waals surface area contributed by atoms with Gasteiger partial charge in [-0.1, -0.05) is 25.1 Å². The maximum atomic E-state index is 3.44. The number of hydrogen-bond donors (Lipinski definition) is 0. The largest absolute Gasteiger partial charge is 0.226 e. The molecule has 0 N–H and O–H groups in total. The smallest absolute Gasteiger partial charge is 0 e. The van der Waals surface area contributed by atoms with Crippen molar-refractivity contribution in [1.29, 1.82) is 0 Å². The van der Waals surface area contributed by atoms with Gasteiger partial charge in [0, 0.05) is 1340 Å². The fraction of sp³-hybridized carbons (Fsp3) is 0.0588. The Morgan fingerprint density at radius 2 is 0.534 bits per heavy atom. The zero-order valence-corrected chi connectivity index (χ0v) is 150. The number of fused-ring (bicyclic) bond motifs is 1. The van der Waals surface area contributed by atoms with Gasteiger partial charge in [0.1, 0.15) is 0 Å². The van der Waals surface area contributed by atoms with Gasteiger partial charge in [0.25, 0.3) is 0 Å². The minimum Gasteiger partial charge on any atom is -0.226 e. The molecule has 205 valence electrons. The second-order valence-corrected chi connectivity index (χ2v) is 4.19. The first-order chi connectivity index (χ1) is 8.34. The Bertz CT molecular complexity index is 702. The molecular weight excluding hydrogens is 3850 g/mol. The maximum Gasteiger partial charge on any atom is 0 e. The van der Waals surface area contributed by atoms with Gasteiger partial charge in [0.05, 0.1) is 0 Å². The summed E-state index contributed by atoms with van der Waals surface area (Å²) in [6, 6.07) is 25.3. The van der Waals surface area contributed by atoms with E-state index in [1.54, 1.807) is 0 Å². The molecule has 0 amide bonds. The molecule has 0 aromatic heterocycles. The van der Waals surface area contributed by atoms with E-state index in [0.29, 0.717) is 0 Å². The van der Waals surface area contributed by atoms with Crippen molar-refractivity contribution in [3.63, 3.8) is 0 Å². The van der Waals surface area contributed by atoms with Crippen molar-refractivity contribution >= 4 is 10.8 Å². The molecule has 0 nitrogen and oxygen atoms in total. The summed E-state index contributed by atoms with van der Waals surface area (Å²) in [6.07, 6.45) is 0. The monoisotopic (exact) mass is 3860 g/mol. The van der Waals surface area contributed by atoms with Crippen LogP contribution < -0.4 is 0 Å². The minimum absolute atomic E-state index is 0. The van der Waals surface area contributed by atoms with Gasteiger partial charge in [0.15, 0.2) is 0 Å². The van der Waals surface area contributed by atoms with E-state index in [0.717, 1.165) is 16.7 Å². The number of rotatable bonds is 1. The van der Waals surface area contributed by atoms with Crippen molar-refractivity contribution in [1.82, 2.24) is 0 Å². The quantitative estimate of drug-likeness (QED) is 0.320. The van der Waals surface area contributed by atoms with Gasteiger partial charge < -0.3 is 0 Å². The van der Waals surface area contributed by atoms with Gasteiger partial charge in [-0.15, -0.1) is 34.5 Å². The van der Waals surface area contributed by atoms with Crippen LogP contribution in [0.4, 0.5) is 0 Å². The molecule has 0 fully saturated rings. The number of benzene rings is 3. The van der Waals surface area contributed by atoms with Crippen LogP contribution in [0.25, 0.3) is 21.9 Å². The van der Waals surface area contributed by atoms with E-state index < -0.39 is 0 Å². The SMILES string of the molecule is Cc1[c-]c(-c2[c-]cccc2)c2ccccc2c1.[Y].[Y].[Y].[Y].[Y].[Y].[Y].[Y].[Y].[Y].[Y].[Y].[Y].[Y].[Y].[Y].[Y].[Y].[Y].[Y].[Y].[Y].[Y].[Y].[Y].[Y].[Y].[Y].[Y].[Y].[Y].[Y].[Y].[Y].[Y].[Y].[Y].[Y].[Y].[Y].[Y]. The molecule has 3 aromatic rings. The molecule has 41 heteroatoms. The summed E-state index contributed by atoms with van der Waals surface area (Å²) in [7, 11) is 0. The molecule has 0 bridgehead atoms. The van der Waals surface area contributed by atoms with Crippen molar-refractivity contribution in [2.75, 3.05) is 0 Å². The van der Waals surface area contributed by atoms with Crippen LogP contribution in [0.5, 0.6) is 0 Å². The minimum atomic E-state index is 0. The first kappa shape index (κ1) is 263. The Kier molecular flexibility index (Phi) is 932. The first-order valence-electron chi connectivity index (χ1n) is 5.73. The molecular formula is C17H12Y41-2. The first-order valence-corrected chi connectivity index (χ1v) is 5.73. The third-order valence-corrected chi connectivity index (χ3v) is 2.90. The van der Waals surface area contributed by atoms with Crippen LogP contribution in [0, 0.1) is 19.1 Å². The van der Waals surface area contributed by atoms with E-state index in [1.165, 1.54) is 10.8 Å². The zero-order valence-electron chi connectivity index (χ0n) is 33.4. The maximum absolute atomic E-state index is 3.44. The predicted molar refractivity (Wildman–Crippen MR) is 71.8 cm³/mol. The summed E-state index contributed by atoms with van der Waals surface area (Å²) in [5.74, 6) is 0. The molecule has 0 aliphatic rings. The van der Waals surface area contributed by atoms with E-state index in [4.69, 9.17) is 0 Å². The standard InChI is InChI=1S/C17H12.41Y/c1-13-11-15-9-5-6-10-16(15)17(12-13)14-7-3-2-4-8-14;;;;;;;;;;;;;;;;;;;;;;;;;;;;;;;;;;;;;;;;;/h2-7,9-11H,1H3;;;;;;;;;;;;;;;;;;;;;;;;;;;;;;;;;;;;;;;;;/q-2;;;;;;;;;;;;;;;;;;;;;;;;;;;;;;;;;;;;;;;;;. The molecule has 0 heterocycles. The van der Waals surface area contributed by atoms with Crippen LogP contribution in [0.1, 0.15) is 5.56 Å². The third-order valence-electron chi connectivity index (χ3n) is 2.90. The van der Waals surface area contributed by atoms with Crippen molar-refractivity contribution in [3.8, 4) is 11.1 Å². The van der Waals surface area contributed by atoms with Crippen LogP contribution in [0.15, 0.2) is 54.6 Å². The molecule has 0 spiro atoms. The third kappa shape index (κ3) is 156. The van der Waals surface area contributed by atoms with Crippen molar-refractivity contribution in [3.05, 3.63) is 72.3 Å². The second kappa shape index (κ2) is 206. The molecule has 0 atom stereocenters. The molecule has 3 aromatic carbocycles. The Morgan fingerprint density at radius 3 is 0.776 bits per heavy atom. The molecule has 41 radical (unpaired) electrons. The fourth-order valence-corrected chi connectivity index (χ4v) is 2.15.